The van der Waals surface area contributed by atoms with Crippen molar-refractivity contribution in [3.8, 4) is 0 Å². The molecule has 0 radical (unpaired) electrons. The molecule has 0 spiro atoms. The number of carbonyl (C=O) groups is 2. The van der Waals surface area contributed by atoms with Gasteiger partial charge in [0.1, 0.15) is 11.2 Å². The number of benzene rings is 2. The second-order valence-electron chi connectivity index (χ2n) is 9.50. The zero-order chi connectivity index (χ0) is 25.3. The first-order valence-electron chi connectivity index (χ1n) is 11.7. The summed E-state index contributed by atoms with van der Waals surface area (Å²) in [6.07, 6.45) is 4.92. The number of hydrogen-bond acceptors (Lipinski definition) is 4. The lowest BCUT2D eigenvalue weighted by atomic mass is 10.2. The van der Waals surface area contributed by atoms with Gasteiger partial charge in [0, 0.05) is 41.6 Å². The van der Waals surface area contributed by atoms with Crippen LogP contribution >= 0.6 is 0 Å². The summed E-state index contributed by atoms with van der Waals surface area (Å²) in [5.74, 6) is 0. The molecule has 0 saturated carbocycles. The van der Waals surface area contributed by atoms with Gasteiger partial charge in [-0.05, 0) is 68.8 Å². The topological polar surface area (TPSA) is 90.2 Å². The minimum absolute atomic E-state index is 0.305. The van der Waals surface area contributed by atoms with Gasteiger partial charge in [-0.2, -0.15) is 0 Å². The number of fused-ring (bicyclic) bond motifs is 2. The van der Waals surface area contributed by atoms with Gasteiger partial charge in [-0.1, -0.05) is 24.3 Å². The first-order valence-corrected chi connectivity index (χ1v) is 11.7. The van der Waals surface area contributed by atoms with E-state index in [1.54, 1.807) is 12.4 Å². The van der Waals surface area contributed by atoms with E-state index in [1.165, 1.54) is 4.57 Å². The Morgan fingerprint density at radius 3 is 2.44 bits per heavy atom. The van der Waals surface area contributed by atoms with Crippen molar-refractivity contribution in [1.82, 2.24) is 14.1 Å². The Hall–Kier alpha value is -4.59. The van der Waals surface area contributed by atoms with E-state index in [1.807, 2.05) is 93.7 Å². The fourth-order valence-electron chi connectivity index (χ4n) is 4.15. The quantitative estimate of drug-likeness (QED) is 0.308. The van der Waals surface area contributed by atoms with Gasteiger partial charge >= 0.3 is 12.1 Å². The number of rotatable bonds is 4. The predicted molar refractivity (Wildman–Crippen MR) is 141 cm³/mol. The number of amides is 2. The van der Waals surface area contributed by atoms with E-state index < -0.39 is 11.7 Å². The van der Waals surface area contributed by atoms with Crippen molar-refractivity contribution in [3.05, 3.63) is 90.9 Å². The molecule has 2 amide bonds. The van der Waals surface area contributed by atoms with Gasteiger partial charge in [-0.15, -0.1) is 0 Å². The number of hydrogen-bond donors (Lipinski definition) is 2. The van der Waals surface area contributed by atoms with Gasteiger partial charge in [0.25, 0.3) is 0 Å². The third kappa shape index (κ3) is 4.79. The fraction of sp³-hybridized carbons (Fsp3) is 0.179. The molecule has 36 heavy (non-hydrogen) atoms. The maximum atomic E-state index is 12.6. The van der Waals surface area contributed by atoms with E-state index in [2.05, 4.69) is 20.2 Å². The van der Waals surface area contributed by atoms with Crippen molar-refractivity contribution in [2.45, 2.75) is 32.9 Å². The summed E-state index contributed by atoms with van der Waals surface area (Å²) in [6.45, 7) is 6.07. The monoisotopic (exact) mass is 481 g/mol. The second kappa shape index (κ2) is 9.22. The van der Waals surface area contributed by atoms with Gasteiger partial charge in [0.15, 0.2) is 0 Å². The lowest BCUT2D eigenvalue weighted by Gasteiger charge is -2.19. The summed E-state index contributed by atoms with van der Waals surface area (Å²) in [5, 5.41) is 7.59. The third-order valence-electron chi connectivity index (χ3n) is 5.70. The number of para-hydroxylation sites is 1. The standard InChI is InChI=1S/C28H27N5O3/c1-28(2,3)36-27(35)33-17-14-21-19(12-15-29-25(21)33)18-32-16-13-22-23(10-7-11-24(22)32)31-26(34)30-20-8-5-4-6-9-20/h4-17H,18H2,1-3H3,(H2,30,31,34). The minimum atomic E-state index is -0.598. The van der Waals surface area contributed by atoms with Crippen LogP contribution in [0.2, 0.25) is 0 Å². The number of pyridine rings is 1. The molecule has 8 heteroatoms. The summed E-state index contributed by atoms with van der Waals surface area (Å²) < 4.78 is 9.06. The first kappa shape index (κ1) is 23.2. The van der Waals surface area contributed by atoms with Crippen molar-refractivity contribution in [3.63, 3.8) is 0 Å². The van der Waals surface area contributed by atoms with Crippen LogP contribution in [0.3, 0.4) is 0 Å². The molecule has 182 valence electrons. The summed E-state index contributed by atoms with van der Waals surface area (Å²) in [5.41, 5.74) is 3.39. The molecule has 0 aliphatic rings. The van der Waals surface area contributed by atoms with Crippen LogP contribution < -0.4 is 10.6 Å². The molecule has 8 nitrogen and oxygen atoms in total. The van der Waals surface area contributed by atoms with E-state index in [9.17, 15) is 9.59 Å². The number of nitrogens with zero attached hydrogens (tertiary/aromatic N) is 3. The molecule has 0 saturated heterocycles. The van der Waals surface area contributed by atoms with Crippen LogP contribution in [0.1, 0.15) is 26.3 Å². The van der Waals surface area contributed by atoms with Crippen LogP contribution in [0.15, 0.2) is 85.3 Å². The van der Waals surface area contributed by atoms with Crippen molar-refractivity contribution in [1.29, 1.82) is 0 Å². The van der Waals surface area contributed by atoms with Gasteiger partial charge in [-0.25, -0.2) is 19.1 Å². The number of anilines is 2. The molecular weight excluding hydrogens is 454 g/mol. The van der Waals surface area contributed by atoms with Crippen molar-refractivity contribution >= 4 is 45.4 Å². The maximum Gasteiger partial charge on any atom is 0.420 e. The Kier molecular flexibility index (Phi) is 5.93. The molecule has 0 atom stereocenters. The highest BCUT2D eigenvalue weighted by Gasteiger charge is 2.20. The lowest BCUT2D eigenvalue weighted by molar-refractivity contribution is 0.0543. The number of nitrogens with one attached hydrogen (secondary N) is 2. The van der Waals surface area contributed by atoms with Crippen LogP contribution in [-0.4, -0.2) is 31.8 Å². The van der Waals surface area contributed by atoms with Crippen LogP contribution in [0.5, 0.6) is 0 Å². The predicted octanol–water partition coefficient (Wildman–Crippen LogP) is 6.47. The summed E-state index contributed by atoms with van der Waals surface area (Å²) in [6, 6.07) is 20.6. The Bertz CT molecular complexity index is 1560. The van der Waals surface area contributed by atoms with Crippen LogP contribution in [0.4, 0.5) is 21.0 Å². The molecule has 0 fully saturated rings. The molecule has 3 aromatic heterocycles. The molecule has 5 rings (SSSR count). The highest BCUT2D eigenvalue weighted by Crippen LogP contribution is 2.27. The molecule has 0 aliphatic heterocycles. The Balaban J connectivity index is 1.40. The SMILES string of the molecule is CC(C)(C)OC(=O)n1ccc2c(Cn3ccc4c(NC(=O)Nc5ccccc5)cccc43)ccnc21. The molecule has 0 unspecified atom stereocenters. The lowest BCUT2D eigenvalue weighted by Crippen LogP contribution is -2.26. The van der Waals surface area contributed by atoms with E-state index in [0.29, 0.717) is 12.2 Å². The van der Waals surface area contributed by atoms with Crippen LogP contribution in [0, 0.1) is 0 Å². The smallest absolute Gasteiger partial charge is 0.420 e. The Morgan fingerprint density at radius 1 is 0.889 bits per heavy atom. The zero-order valence-electron chi connectivity index (χ0n) is 20.4. The largest absolute Gasteiger partial charge is 0.443 e. The van der Waals surface area contributed by atoms with E-state index in [4.69, 9.17) is 4.74 Å². The summed E-state index contributed by atoms with van der Waals surface area (Å²) >= 11 is 0. The zero-order valence-corrected chi connectivity index (χ0v) is 20.4. The number of urea groups is 1. The molecule has 0 aliphatic carbocycles. The molecule has 5 aromatic rings. The third-order valence-corrected chi connectivity index (χ3v) is 5.70. The molecule has 2 N–H and O–H groups in total. The Labute approximate surface area is 208 Å². The highest BCUT2D eigenvalue weighted by molar-refractivity contribution is 6.05. The molecule has 2 aromatic carbocycles. The number of carbonyl (C=O) groups excluding carboxylic acids is 2. The average Bonchev–Trinajstić information content (AvgIpc) is 3.44. The Morgan fingerprint density at radius 2 is 1.67 bits per heavy atom. The second-order valence-corrected chi connectivity index (χ2v) is 9.50. The first-order chi connectivity index (χ1) is 17.3. The molecule has 0 bridgehead atoms. The van der Waals surface area contributed by atoms with Gasteiger partial charge in [-0.3, -0.25) is 0 Å². The van der Waals surface area contributed by atoms with E-state index in [0.717, 1.165) is 33.2 Å². The number of aromatic nitrogens is 3. The van der Waals surface area contributed by atoms with Gasteiger partial charge in [0.05, 0.1) is 11.2 Å². The van der Waals surface area contributed by atoms with Gasteiger partial charge in [0.2, 0.25) is 0 Å². The van der Waals surface area contributed by atoms with Crippen molar-refractivity contribution in [2.75, 3.05) is 10.6 Å². The molecular formula is C28H27N5O3. The van der Waals surface area contributed by atoms with Crippen LogP contribution in [-0.2, 0) is 11.3 Å². The molecule has 3 heterocycles. The van der Waals surface area contributed by atoms with E-state index in [-0.39, 0.29) is 6.03 Å². The van der Waals surface area contributed by atoms with Crippen molar-refractivity contribution < 1.29 is 14.3 Å². The van der Waals surface area contributed by atoms with Crippen molar-refractivity contribution in [2.24, 2.45) is 0 Å². The highest BCUT2D eigenvalue weighted by atomic mass is 16.6. The summed E-state index contributed by atoms with van der Waals surface area (Å²) in [4.78, 5) is 29.6. The normalized spacial score (nSPS) is 11.5. The minimum Gasteiger partial charge on any atom is -0.443 e. The van der Waals surface area contributed by atoms with Gasteiger partial charge < -0.3 is 19.9 Å². The average molecular weight is 482 g/mol. The summed E-state index contributed by atoms with van der Waals surface area (Å²) in [7, 11) is 0. The fourth-order valence-corrected chi connectivity index (χ4v) is 4.15. The van der Waals surface area contributed by atoms with E-state index >= 15 is 0 Å². The van der Waals surface area contributed by atoms with Crippen LogP contribution in [0.25, 0.3) is 21.9 Å². The number of ether oxygens (including phenoxy) is 1. The maximum absolute atomic E-state index is 12.6.